The van der Waals surface area contributed by atoms with E-state index >= 15 is 0 Å². The van der Waals surface area contributed by atoms with E-state index in [-0.39, 0.29) is 35.1 Å². The molecule has 0 saturated heterocycles. The molecule has 1 heterocycles. The first-order valence-electron chi connectivity index (χ1n) is 8.41. The minimum Gasteiger partial charge on any atom is -0.492 e. The van der Waals surface area contributed by atoms with Crippen LogP contribution in [0.4, 0.5) is 14.5 Å². The summed E-state index contributed by atoms with van der Waals surface area (Å²) in [6, 6.07) is 9.97. The quantitative estimate of drug-likeness (QED) is 0.704. The van der Waals surface area contributed by atoms with Crippen molar-refractivity contribution in [3.05, 3.63) is 52.5 Å². The maximum Gasteiger partial charge on any atom is 0.258 e. The van der Waals surface area contributed by atoms with Gasteiger partial charge in [0.25, 0.3) is 6.43 Å². The molecule has 0 bridgehead atoms. The highest BCUT2D eigenvalue weighted by atomic mass is 35.5. The lowest BCUT2D eigenvalue weighted by molar-refractivity contribution is 0.113. The summed E-state index contributed by atoms with van der Waals surface area (Å²) in [5, 5.41) is 9.29. The molecule has 1 atom stereocenters. The number of nitriles is 1. The molecular formula is C19H17ClF2N2O3S. The second-order valence-corrected chi connectivity index (χ2v) is 8.82. The van der Waals surface area contributed by atoms with Gasteiger partial charge in [0.05, 0.1) is 28.1 Å². The Morgan fingerprint density at radius 2 is 1.96 bits per heavy atom. The monoisotopic (exact) mass is 426 g/mol. The molecule has 1 unspecified atom stereocenters. The van der Waals surface area contributed by atoms with E-state index in [1.165, 1.54) is 35.2 Å². The molecule has 0 saturated carbocycles. The van der Waals surface area contributed by atoms with Gasteiger partial charge in [-0.3, -0.25) is 0 Å². The Bertz CT molecular complexity index is 1020. The van der Waals surface area contributed by atoms with Crippen molar-refractivity contribution in [2.45, 2.75) is 23.8 Å². The summed E-state index contributed by atoms with van der Waals surface area (Å²) in [6.07, 6.45) is -1.41. The van der Waals surface area contributed by atoms with Crippen LogP contribution < -0.4 is 9.64 Å². The fourth-order valence-electron chi connectivity index (χ4n) is 3.21. The third-order valence-corrected chi connectivity index (χ3v) is 6.17. The Morgan fingerprint density at radius 3 is 2.54 bits per heavy atom. The molecule has 0 amide bonds. The maximum atomic E-state index is 13.5. The third kappa shape index (κ3) is 4.05. The highest BCUT2D eigenvalue weighted by molar-refractivity contribution is 7.90. The molecule has 0 N–H and O–H groups in total. The Labute approximate surface area is 167 Å². The van der Waals surface area contributed by atoms with Crippen molar-refractivity contribution >= 4 is 27.1 Å². The van der Waals surface area contributed by atoms with E-state index in [2.05, 4.69) is 0 Å². The van der Waals surface area contributed by atoms with Crippen molar-refractivity contribution in [2.24, 2.45) is 0 Å². The zero-order valence-corrected chi connectivity index (χ0v) is 16.5. The summed E-state index contributed by atoms with van der Waals surface area (Å²) >= 11 is 6.20. The van der Waals surface area contributed by atoms with E-state index in [1.807, 2.05) is 6.07 Å². The van der Waals surface area contributed by atoms with Crippen LogP contribution in [0.25, 0.3) is 0 Å². The van der Waals surface area contributed by atoms with Gasteiger partial charge in [-0.15, -0.1) is 0 Å². The van der Waals surface area contributed by atoms with Crippen LogP contribution in [0, 0.1) is 11.3 Å². The number of ether oxygens (including phenoxy) is 1. The van der Waals surface area contributed by atoms with Crippen LogP contribution >= 0.6 is 11.6 Å². The second-order valence-electron chi connectivity index (χ2n) is 6.43. The van der Waals surface area contributed by atoms with Crippen molar-refractivity contribution in [1.29, 1.82) is 5.26 Å². The summed E-state index contributed by atoms with van der Waals surface area (Å²) in [5.74, 6) is 0.443. The van der Waals surface area contributed by atoms with E-state index in [0.717, 1.165) is 6.26 Å². The van der Waals surface area contributed by atoms with Crippen molar-refractivity contribution in [3.63, 3.8) is 0 Å². The molecule has 2 aromatic carbocycles. The first-order chi connectivity index (χ1) is 13.2. The van der Waals surface area contributed by atoms with Gasteiger partial charge in [-0.1, -0.05) is 11.6 Å². The maximum absolute atomic E-state index is 13.5. The van der Waals surface area contributed by atoms with Gasteiger partial charge < -0.3 is 9.64 Å². The Hall–Kier alpha value is -2.37. The van der Waals surface area contributed by atoms with Gasteiger partial charge in [0, 0.05) is 18.4 Å². The van der Waals surface area contributed by atoms with Gasteiger partial charge >= 0.3 is 0 Å². The Kier molecular flexibility index (Phi) is 5.77. The molecule has 0 radical (unpaired) electrons. The summed E-state index contributed by atoms with van der Waals surface area (Å²) in [4.78, 5) is 1.71. The number of alkyl halides is 2. The SMILES string of the molecule is CS(=O)(=O)c1ccc(OCCN2c3ccc(C#N)c(Cl)c3CC2C(F)F)cc1. The summed E-state index contributed by atoms with van der Waals surface area (Å²) in [5.41, 5.74) is 1.38. The molecule has 1 aliphatic rings. The van der Waals surface area contributed by atoms with Gasteiger partial charge in [0.1, 0.15) is 18.4 Å². The average Bonchev–Trinajstić information content (AvgIpc) is 3.02. The van der Waals surface area contributed by atoms with E-state index in [9.17, 15) is 17.2 Å². The molecule has 9 heteroatoms. The van der Waals surface area contributed by atoms with Crippen molar-refractivity contribution in [1.82, 2.24) is 0 Å². The van der Waals surface area contributed by atoms with Gasteiger partial charge in [-0.25, -0.2) is 17.2 Å². The topological polar surface area (TPSA) is 70.4 Å². The average molecular weight is 427 g/mol. The molecule has 2 aromatic rings. The first kappa shape index (κ1) is 20.4. The van der Waals surface area contributed by atoms with Gasteiger partial charge in [-0.2, -0.15) is 5.26 Å². The predicted octanol–water partition coefficient (Wildman–Crippen LogP) is 3.69. The fraction of sp³-hybridized carbons (Fsp3) is 0.316. The normalized spacial score (nSPS) is 16.1. The molecule has 148 valence electrons. The van der Waals surface area contributed by atoms with Crippen molar-refractivity contribution < 1.29 is 21.9 Å². The first-order valence-corrected chi connectivity index (χ1v) is 10.7. The summed E-state index contributed by atoms with van der Waals surface area (Å²) in [7, 11) is -3.30. The standard InChI is InChI=1S/C19H17ClF2N2O3S/c1-28(25,26)14-5-3-13(4-6-14)27-9-8-24-16-7-2-12(11-23)18(20)15(16)10-17(24)19(21)22/h2-7,17,19H,8-10H2,1H3. The number of rotatable bonds is 6. The van der Waals surface area contributed by atoms with E-state index < -0.39 is 22.3 Å². The summed E-state index contributed by atoms with van der Waals surface area (Å²) < 4.78 is 55.6. The number of anilines is 1. The lowest BCUT2D eigenvalue weighted by Gasteiger charge is -2.27. The van der Waals surface area contributed by atoms with Crippen LogP contribution in [0.2, 0.25) is 5.02 Å². The minimum absolute atomic E-state index is 0.0599. The van der Waals surface area contributed by atoms with E-state index in [0.29, 0.717) is 17.0 Å². The van der Waals surface area contributed by atoms with Crippen LogP contribution in [0.15, 0.2) is 41.3 Å². The van der Waals surface area contributed by atoms with E-state index in [4.69, 9.17) is 21.6 Å². The molecule has 3 rings (SSSR count). The van der Waals surface area contributed by atoms with Gasteiger partial charge in [0.15, 0.2) is 9.84 Å². The molecular weight excluding hydrogens is 410 g/mol. The lowest BCUT2D eigenvalue weighted by atomic mass is 10.1. The number of sulfone groups is 1. The number of benzene rings is 2. The summed E-state index contributed by atoms with van der Waals surface area (Å²) in [6.45, 7) is 0.316. The number of nitrogens with zero attached hydrogens (tertiary/aromatic N) is 2. The number of fused-ring (bicyclic) bond motifs is 1. The zero-order chi connectivity index (χ0) is 20.5. The highest BCUT2D eigenvalue weighted by Crippen LogP contribution is 2.40. The molecule has 1 aliphatic heterocycles. The van der Waals surface area contributed by atoms with Crippen LogP contribution in [-0.4, -0.2) is 40.3 Å². The van der Waals surface area contributed by atoms with Crippen molar-refractivity contribution in [2.75, 3.05) is 24.3 Å². The molecule has 28 heavy (non-hydrogen) atoms. The molecule has 5 nitrogen and oxygen atoms in total. The Morgan fingerprint density at radius 1 is 1.29 bits per heavy atom. The van der Waals surface area contributed by atoms with Gasteiger partial charge in [0.2, 0.25) is 0 Å². The fourth-order valence-corrected chi connectivity index (χ4v) is 4.12. The molecule has 0 spiro atoms. The molecule has 0 aromatic heterocycles. The molecule has 0 fully saturated rings. The van der Waals surface area contributed by atoms with Crippen LogP contribution in [0.1, 0.15) is 11.1 Å². The van der Waals surface area contributed by atoms with E-state index in [1.54, 1.807) is 6.07 Å². The largest absolute Gasteiger partial charge is 0.492 e. The Balaban J connectivity index is 1.73. The van der Waals surface area contributed by atoms with Crippen LogP contribution in [0.3, 0.4) is 0 Å². The van der Waals surface area contributed by atoms with Gasteiger partial charge in [-0.05, 0) is 42.0 Å². The highest BCUT2D eigenvalue weighted by Gasteiger charge is 2.37. The van der Waals surface area contributed by atoms with Crippen molar-refractivity contribution in [3.8, 4) is 11.8 Å². The van der Waals surface area contributed by atoms with Crippen LogP contribution in [-0.2, 0) is 16.3 Å². The predicted molar refractivity (Wildman–Crippen MR) is 102 cm³/mol. The second kappa shape index (κ2) is 7.94. The smallest absolute Gasteiger partial charge is 0.258 e. The van der Waals surface area contributed by atoms with Crippen LogP contribution in [0.5, 0.6) is 5.75 Å². The number of hydrogen-bond donors (Lipinski definition) is 0. The lowest BCUT2D eigenvalue weighted by Crippen LogP contribution is -2.40. The molecule has 0 aliphatic carbocycles. The zero-order valence-electron chi connectivity index (χ0n) is 14.9. The number of hydrogen-bond acceptors (Lipinski definition) is 5. The minimum atomic E-state index is -3.30. The number of halogens is 3. The third-order valence-electron chi connectivity index (χ3n) is 4.61.